The molecule has 0 aliphatic carbocycles. The van der Waals surface area contributed by atoms with E-state index in [4.69, 9.17) is 9.72 Å². The van der Waals surface area contributed by atoms with E-state index in [9.17, 15) is 4.79 Å². The van der Waals surface area contributed by atoms with Gasteiger partial charge in [0.1, 0.15) is 17.3 Å². The van der Waals surface area contributed by atoms with E-state index < -0.39 is 0 Å². The molecule has 5 nitrogen and oxygen atoms in total. The third-order valence-electron chi connectivity index (χ3n) is 6.09. The second-order valence-electron chi connectivity index (χ2n) is 8.77. The van der Waals surface area contributed by atoms with Crippen molar-refractivity contribution in [1.82, 2.24) is 14.5 Å². The second-order valence-corrected chi connectivity index (χ2v) is 8.77. The van der Waals surface area contributed by atoms with Gasteiger partial charge in [-0.25, -0.2) is 4.98 Å². The van der Waals surface area contributed by atoms with Gasteiger partial charge in [0.2, 0.25) is 0 Å². The third kappa shape index (κ3) is 4.41. The summed E-state index contributed by atoms with van der Waals surface area (Å²) in [5.41, 5.74) is 1.92. The number of piperidine rings is 1. The summed E-state index contributed by atoms with van der Waals surface area (Å²) in [4.78, 5) is 20.6. The first-order valence-electron chi connectivity index (χ1n) is 10.9. The average Bonchev–Trinajstić information content (AvgIpc) is 2.73. The molecule has 158 valence electrons. The van der Waals surface area contributed by atoms with Crippen LogP contribution in [0.15, 0.2) is 47.3 Å². The number of rotatable bonds is 5. The fourth-order valence-electron chi connectivity index (χ4n) is 4.31. The van der Waals surface area contributed by atoms with E-state index in [0.717, 1.165) is 43.1 Å². The number of aromatic nitrogens is 2. The van der Waals surface area contributed by atoms with Crippen LogP contribution in [0.2, 0.25) is 0 Å². The molecule has 2 aromatic carbocycles. The van der Waals surface area contributed by atoms with E-state index in [-0.39, 0.29) is 5.56 Å². The van der Waals surface area contributed by atoms with Crippen molar-refractivity contribution in [1.29, 1.82) is 0 Å². The largest absolute Gasteiger partial charge is 0.457 e. The van der Waals surface area contributed by atoms with Gasteiger partial charge in [0.05, 0.1) is 10.9 Å². The fourth-order valence-corrected chi connectivity index (χ4v) is 4.31. The normalized spacial score (nSPS) is 17.6. The van der Waals surface area contributed by atoms with Crippen LogP contribution in [0.3, 0.4) is 0 Å². The molecule has 3 aromatic rings. The van der Waals surface area contributed by atoms with Crippen molar-refractivity contribution in [2.75, 3.05) is 13.1 Å². The Morgan fingerprint density at radius 1 is 1.10 bits per heavy atom. The van der Waals surface area contributed by atoms with Crippen LogP contribution in [0.4, 0.5) is 0 Å². The van der Waals surface area contributed by atoms with Gasteiger partial charge < -0.3 is 9.64 Å². The number of hydrogen-bond acceptors (Lipinski definition) is 4. The molecule has 1 fully saturated rings. The molecular weight excluding hydrogens is 374 g/mol. The number of hydrogen-bond donors (Lipinski definition) is 0. The quantitative estimate of drug-likeness (QED) is 0.604. The highest BCUT2D eigenvalue weighted by atomic mass is 16.5. The van der Waals surface area contributed by atoms with Crippen molar-refractivity contribution in [2.24, 2.45) is 5.92 Å². The molecule has 0 bridgehead atoms. The first-order chi connectivity index (χ1) is 14.4. The fraction of sp³-hybridized carbons (Fsp3) is 0.440. The van der Waals surface area contributed by atoms with E-state index in [1.165, 1.54) is 12.0 Å². The van der Waals surface area contributed by atoms with Crippen molar-refractivity contribution in [2.45, 2.75) is 53.1 Å². The molecule has 1 unspecified atom stereocenters. The summed E-state index contributed by atoms with van der Waals surface area (Å²) in [7, 11) is 0. The van der Waals surface area contributed by atoms with E-state index in [2.05, 4.69) is 18.7 Å². The zero-order valence-electron chi connectivity index (χ0n) is 18.4. The monoisotopic (exact) mass is 405 g/mol. The highest BCUT2D eigenvalue weighted by Gasteiger charge is 2.23. The molecule has 0 radical (unpaired) electrons. The van der Waals surface area contributed by atoms with Crippen molar-refractivity contribution < 1.29 is 4.74 Å². The molecule has 4 rings (SSSR count). The lowest BCUT2D eigenvalue weighted by Crippen LogP contribution is -2.42. The molecule has 1 aliphatic rings. The van der Waals surface area contributed by atoms with E-state index in [1.54, 1.807) is 0 Å². The number of ether oxygens (including phenoxy) is 1. The molecule has 0 spiro atoms. The van der Waals surface area contributed by atoms with Crippen LogP contribution in [0.5, 0.6) is 11.5 Å². The average molecular weight is 406 g/mol. The summed E-state index contributed by atoms with van der Waals surface area (Å²) in [5.74, 6) is 2.67. The van der Waals surface area contributed by atoms with E-state index in [1.807, 2.05) is 60.9 Å². The van der Waals surface area contributed by atoms with Crippen LogP contribution in [-0.2, 0) is 6.54 Å². The SMILES string of the molecule is Cc1ccc(Oc2ccc3nc(C)n(CC4CCCN(C(C)C)C4)c(=O)c3c2)cc1. The predicted molar refractivity (Wildman–Crippen MR) is 121 cm³/mol. The number of benzene rings is 2. The third-order valence-corrected chi connectivity index (χ3v) is 6.09. The molecule has 1 aliphatic heterocycles. The molecule has 0 amide bonds. The van der Waals surface area contributed by atoms with E-state index >= 15 is 0 Å². The standard InChI is InChI=1S/C25H31N3O2/c1-17(2)27-13-5-6-20(15-27)16-28-19(4)26-24-12-11-22(14-23(24)25(28)29)30-21-9-7-18(3)8-10-21/h7-12,14,17,20H,5-6,13,15-16H2,1-4H3. The number of likely N-dealkylation sites (tertiary alicyclic amines) is 1. The van der Waals surface area contributed by atoms with Gasteiger partial charge in [-0.1, -0.05) is 17.7 Å². The van der Waals surface area contributed by atoms with Gasteiger partial charge in [0, 0.05) is 19.1 Å². The van der Waals surface area contributed by atoms with Crippen molar-refractivity contribution in [3.8, 4) is 11.5 Å². The summed E-state index contributed by atoms with van der Waals surface area (Å²) in [6.45, 7) is 11.4. The lowest BCUT2D eigenvalue weighted by atomic mass is 9.96. The van der Waals surface area contributed by atoms with Gasteiger partial charge >= 0.3 is 0 Å². The van der Waals surface area contributed by atoms with Gasteiger partial charge in [-0.15, -0.1) is 0 Å². The van der Waals surface area contributed by atoms with Gasteiger partial charge in [-0.3, -0.25) is 9.36 Å². The Morgan fingerprint density at radius 2 is 1.83 bits per heavy atom. The smallest absolute Gasteiger partial charge is 0.261 e. The Bertz CT molecular complexity index is 1090. The number of fused-ring (bicyclic) bond motifs is 1. The van der Waals surface area contributed by atoms with Crippen LogP contribution in [0.1, 0.15) is 38.1 Å². The highest BCUT2D eigenvalue weighted by molar-refractivity contribution is 5.79. The maximum Gasteiger partial charge on any atom is 0.261 e. The highest BCUT2D eigenvalue weighted by Crippen LogP contribution is 2.25. The van der Waals surface area contributed by atoms with Gasteiger partial charge in [0.25, 0.3) is 5.56 Å². The first kappa shape index (κ1) is 20.6. The maximum atomic E-state index is 13.3. The summed E-state index contributed by atoms with van der Waals surface area (Å²) in [5, 5.41) is 0.613. The predicted octanol–water partition coefficient (Wildman–Crippen LogP) is 4.93. The van der Waals surface area contributed by atoms with E-state index in [0.29, 0.717) is 23.1 Å². The molecular formula is C25H31N3O2. The Balaban J connectivity index is 1.62. The molecule has 0 N–H and O–H groups in total. The van der Waals surface area contributed by atoms with Crippen molar-refractivity contribution in [3.63, 3.8) is 0 Å². The van der Waals surface area contributed by atoms with Crippen molar-refractivity contribution >= 4 is 10.9 Å². The second kappa shape index (κ2) is 8.60. The maximum absolute atomic E-state index is 13.3. The van der Waals surface area contributed by atoms with Crippen LogP contribution < -0.4 is 10.3 Å². The molecule has 5 heteroatoms. The molecule has 1 saturated heterocycles. The van der Waals surface area contributed by atoms with Gasteiger partial charge in [-0.2, -0.15) is 0 Å². The van der Waals surface area contributed by atoms with Gasteiger partial charge in [-0.05, 0) is 83.3 Å². The Morgan fingerprint density at radius 3 is 2.57 bits per heavy atom. The Hall–Kier alpha value is -2.66. The lowest BCUT2D eigenvalue weighted by Gasteiger charge is -2.35. The minimum Gasteiger partial charge on any atom is -0.457 e. The zero-order chi connectivity index (χ0) is 21.3. The first-order valence-corrected chi connectivity index (χ1v) is 10.9. The van der Waals surface area contributed by atoms with Crippen LogP contribution in [-0.4, -0.2) is 33.6 Å². The summed E-state index contributed by atoms with van der Waals surface area (Å²) >= 11 is 0. The number of aryl methyl sites for hydroxylation is 2. The Labute approximate surface area is 178 Å². The lowest BCUT2D eigenvalue weighted by molar-refractivity contribution is 0.129. The van der Waals surface area contributed by atoms with Crippen LogP contribution in [0, 0.1) is 19.8 Å². The summed E-state index contributed by atoms with van der Waals surface area (Å²) in [6, 6.07) is 14.0. The van der Waals surface area contributed by atoms with Gasteiger partial charge in [0.15, 0.2) is 0 Å². The van der Waals surface area contributed by atoms with Crippen LogP contribution in [0.25, 0.3) is 10.9 Å². The molecule has 2 heterocycles. The minimum absolute atomic E-state index is 0.0218. The summed E-state index contributed by atoms with van der Waals surface area (Å²) in [6.07, 6.45) is 2.34. The number of nitrogens with zero attached hydrogens (tertiary/aromatic N) is 3. The molecule has 1 aromatic heterocycles. The molecule has 30 heavy (non-hydrogen) atoms. The minimum atomic E-state index is 0.0218. The summed E-state index contributed by atoms with van der Waals surface area (Å²) < 4.78 is 7.83. The van der Waals surface area contributed by atoms with Crippen LogP contribution >= 0.6 is 0 Å². The topological polar surface area (TPSA) is 47.4 Å². The van der Waals surface area contributed by atoms with Crippen molar-refractivity contribution in [3.05, 3.63) is 64.2 Å². The molecule has 1 atom stereocenters. The molecule has 0 saturated carbocycles. The Kier molecular flexibility index (Phi) is 5.91. The zero-order valence-corrected chi connectivity index (χ0v) is 18.4.